The van der Waals surface area contributed by atoms with Crippen molar-refractivity contribution in [3.63, 3.8) is 0 Å². The van der Waals surface area contributed by atoms with Crippen LogP contribution in [0, 0.1) is 0 Å². The van der Waals surface area contributed by atoms with Crippen LogP contribution in [0.2, 0.25) is 0 Å². The summed E-state index contributed by atoms with van der Waals surface area (Å²) in [4.78, 5) is 10.7. The number of aliphatic imine (C=N–C) groups is 2. The summed E-state index contributed by atoms with van der Waals surface area (Å²) in [6.45, 7) is 0.922. The minimum Gasteiger partial charge on any atom is -0.313 e. The highest BCUT2D eigenvalue weighted by Crippen LogP contribution is 2.27. The number of nitrogens with two attached hydrogens (primary N) is 1. The molecular weight excluding hydrogens is 262 g/mol. The number of hydrogen-bond acceptors (Lipinski definition) is 5. The van der Waals surface area contributed by atoms with Gasteiger partial charge < -0.3 is 10.2 Å². The maximum atomic E-state index is 5.83. The number of para-hydroxylation sites is 1. The highest BCUT2D eigenvalue weighted by Gasteiger charge is 2.24. The molecule has 1 atom stereocenters. The maximum Gasteiger partial charge on any atom is 0.207 e. The summed E-state index contributed by atoms with van der Waals surface area (Å²) >= 11 is 5.83. The number of halogens is 1. The van der Waals surface area contributed by atoms with Crippen molar-refractivity contribution in [2.24, 2.45) is 15.7 Å². The fraction of sp³-hybridized carbons (Fsp3) is 0.385. The molecule has 19 heavy (non-hydrogen) atoms. The van der Waals surface area contributed by atoms with Crippen molar-refractivity contribution in [1.82, 2.24) is 5.32 Å². The summed E-state index contributed by atoms with van der Waals surface area (Å²) in [5.74, 6) is 1.72. The summed E-state index contributed by atoms with van der Waals surface area (Å²) in [5.41, 5.74) is 8.34. The second-order valence-corrected chi connectivity index (χ2v) is 4.85. The van der Waals surface area contributed by atoms with E-state index in [2.05, 4.69) is 38.4 Å². The van der Waals surface area contributed by atoms with E-state index in [0.29, 0.717) is 11.7 Å². The van der Waals surface area contributed by atoms with Gasteiger partial charge in [-0.3, -0.25) is 5.73 Å². The Balaban J connectivity index is 1.92. The minimum atomic E-state index is -0.570. The average Bonchev–Trinajstić information content (AvgIpc) is 2.46. The normalized spacial score (nSPS) is 22.2. The van der Waals surface area contributed by atoms with Gasteiger partial charge in [0.05, 0.1) is 5.88 Å². The van der Waals surface area contributed by atoms with E-state index in [4.69, 9.17) is 17.3 Å². The van der Waals surface area contributed by atoms with Crippen LogP contribution in [0.1, 0.15) is 12.0 Å². The minimum absolute atomic E-state index is 0.308. The fourth-order valence-corrected chi connectivity index (χ4v) is 2.60. The summed E-state index contributed by atoms with van der Waals surface area (Å²) in [6, 6.07) is 8.37. The van der Waals surface area contributed by atoms with Gasteiger partial charge in [-0.1, -0.05) is 18.2 Å². The predicted octanol–water partition coefficient (Wildman–Crippen LogP) is 1.28. The summed E-state index contributed by atoms with van der Waals surface area (Å²) in [6.07, 6.45) is 1.63. The molecule has 0 amide bonds. The Morgan fingerprint density at radius 3 is 3.05 bits per heavy atom. The number of amidine groups is 1. The summed E-state index contributed by atoms with van der Waals surface area (Å²) in [5, 5.41) is 3.16. The van der Waals surface area contributed by atoms with E-state index in [-0.39, 0.29) is 0 Å². The van der Waals surface area contributed by atoms with Gasteiger partial charge in [0.2, 0.25) is 5.96 Å². The molecule has 5 nitrogen and oxygen atoms in total. The lowest BCUT2D eigenvalue weighted by atomic mass is 10.0. The van der Waals surface area contributed by atoms with E-state index in [1.807, 2.05) is 6.07 Å². The zero-order chi connectivity index (χ0) is 13.2. The smallest absolute Gasteiger partial charge is 0.207 e. The van der Waals surface area contributed by atoms with Gasteiger partial charge in [-0.2, -0.15) is 0 Å². The monoisotopic (exact) mass is 277 g/mol. The van der Waals surface area contributed by atoms with Crippen molar-refractivity contribution in [2.75, 3.05) is 17.3 Å². The van der Waals surface area contributed by atoms with E-state index < -0.39 is 6.29 Å². The van der Waals surface area contributed by atoms with Crippen LogP contribution >= 0.6 is 11.6 Å². The van der Waals surface area contributed by atoms with E-state index >= 15 is 0 Å². The number of anilines is 1. The van der Waals surface area contributed by atoms with Gasteiger partial charge >= 0.3 is 0 Å². The molecular formula is C13H16ClN5. The third kappa shape index (κ3) is 2.43. The molecule has 100 valence electrons. The lowest BCUT2D eigenvalue weighted by molar-refractivity contribution is 0.709. The van der Waals surface area contributed by atoms with E-state index in [1.165, 1.54) is 11.3 Å². The van der Waals surface area contributed by atoms with Gasteiger partial charge in [0, 0.05) is 12.2 Å². The number of fused-ring (bicyclic) bond motifs is 1. The van der Waals surface area contributed by atoms with Gasteiger partial charge in [-0.25, -0.2) is 9.98 Å². The molecule has 1 unspecified atom stereocenters. The molecule has 1 aromatic rings. The van der Waals surface area contributed by atoms with Gasteiger partial charge in [-0.05, 0) is 24.5 Å². The zero-order valence-corrected chi connectivity index (χ0v) is 11.3. The molecule has 0 bridgehead atoms. The van der Waals surface area contributed by atoms with Gasteiger partial charge in [-0.15, -0.1) is 11.6 Å². The van der Waals surface area contributed by atoms with Crippen LogP contribution in [0.5, 0.6) is 0 Å². The van der Waals surface area contributed by atoms with E-state index in [9.17, 15) is 0 Å². The molecule has 1 aromatic carbocycles. The van der Waals surface area contributed by atoms with Gasteiger partial charge in [0.1, 0.15) is 5.84 Å². The maximum absolute atomic E-state index is 5.83. The SMILES string of the molecule is NC1N=C(CCl)NC(N2CCCc3ccccc32)=N1. The lowest BCUT2D eigenvalue weighted by Gasteiger charge is -2.33. The molecule has 3 N–H and O–H groups in total. The van der Waals surface area contributed by atoms with Gasteiger partial charge in [0.25, 0.3) is 0 Å². The fourth-order valence-electron chi connectivity index (χ4n) is 2.47. The van der Waals surface area contributed by atoms with Crippen molar-refractivity contribution >= 4 is 29.1 Å². The van der Waals surface area contributed by atoms with Crippen LogP contribution in [0.15, 0.2) is 34.3 Å². The molecule has 0 aromatic heterocycles. The molecule has 0 saturated carbocycles. The van der Waals surface area contributed by atoms with Crippen molar-refractivity contribution in [1.29, 1.82) is 0 Å². The Bertz CT molecular complexity index is 540. The van der Waals surface area contributed by atoms with E-state index in [1.54, 1.807) is 0 Å². The van der Waals surface area contributed by atoms with Crippen LogP contribution < -0.4 is 16.0 Å². The standard InChI is InChI=1S/C13H16ClN5/c14-8-11-16-12(15)18-13(17-11)19-7-3-5-9-4-1-2-6-10(9)19/h1-2,4,6,12H,3,5,7-8,15H2,(H,16,17,18). The highest BCUT2D eigenvalue weighted by atomic mass is 35.5. The van der Waals surface area contributed by atoms with Crippen molar-refractivity contribution in [3.8, 4) is 0 Å². The van der Waals surface area contributed by atoms with Crippen molar-refractivity contribution in [2.45, 2.75) is 19.1 Å². The number of alkyl halides is 1. The molecule has 2 aliphatic heterocycles. The Labute approximate surface area is 117 Å². The first-order valence-corrected chi connectivity index (χ1v) is 6.90. The molecule has 0 fully saturated rings. The Hall–Kier alpha value is -1.59. The first-order chi connectivity index (χ1) is 9.28. The number of nitrogens with one attached hydrogen (secondary N) is 1. The van der Waals surface area contributed by atoms with Crippen LogP contribution in [-0.2, 0) is 6.42 Å². The van der Waals surface area contributed by atoms with Crippen LogP contribution in [0.3, 0.4) is 0 Å². The van der Waals surface area contributed by atoms with E-state index in [0.717, 1.165) is 25.3 Å². The third-order valence-electron chi connectivity index (χ3n) is 3.29. The Kier molecular flexibility index (Phi) is 3.40. The number of rotatable bonds is 1. The molecule has 0 aliphatic carbocycles. The molecule has 0 spiro atoms. The van der Waals surface area contributed by atoms with Crippen LogP contribution in [-0.4, -0.2) is 30.5 Å². The third-order valence-corrected chi connectivity index (χ3v) is 3.54. The first-order valence-electron chi connectivity index (χ1n) is 6.36. The lowest BCUT2D eigenvalue weighted by Crippen LogP contribution is -2.50. The second kappa shape index (κ2) is 5.19. The highest BCUT2D eigenvalue weighted by molar-refractivity contribution is 6.30. The summed E-state index contributed by atoms with van der Waals surface area (Å²) in [7, 11) is 0. The number of aryl methyl sites for hydroxylation is 1. The number of hydrogen-bond donors (Lipinski definition) is 2. The average molecular weight is 278 g/mol. The Morgan fingerprint density at radius 1 is 1.37 bits per heavy atom. The first kappa shape index (κ1) is 12.4. The zero-order valence-electron chi connectivity index (χ0n) is 10.5. The molecule has 3 rings (SSSR count). The van der Waals surface area contributed by atoms with Gasteiger partial charge in [0.15, 0.2) is 6.29 Å². The largest absolute Gasteiger partial charge is 0.313 e. The second-order valence-electron chi connectivity index (χ2n) is 4.58. The topological polar surface area (TPSA) is 66.0 Å². The Morgan fingerprint density at radius 2 is 2.21 bits per heavy atom. The molecule has 2 aliphatic rings. The molecule has 0 saturated heterocycles. The van der Waals surface area contributed by atoms with Crippen LogP contribution in [0.4, 0.5) is 5.69 Å². The number of benzene rings is 1. The van der Waals surface area contributed by atoms with Crippen molar-refractivity contribution < 1.29 is 0 Å². The van der Waals surface area contributed by atoms with Crippen molar-refractivity contribution in [3.05, 3.63) is 29.8 Å². The number of nitrogens with zero attached hydrogens (tertiary/aromatic N) is 3. The van der Waals surface area contributed by atoms with Crippen LogP contribution in [0.25, 0.3) is 0 Å². The molecule has 6 heteroatoms. The predicted molar refractivity (Wildman–Crippen MR) is 78.8 cm³/mol. The number of guanidine groups is 1. The molecule has 0 radical (unpaired) electrons. The summed E-state index contributed by atoms with van der Waals surface area (Å²) < 4.78 is 0. The quantitative estimate of drug-likeness (QED) is 0.760. The molecule has 2 heterocycles.